The van der Waals surface area contributed by atoms with Crippen LogP contribution in [-0.2, 0) is 9.59 Å². The van der Waals surface area contributed by atoms with Gasteiger partial charge in [-0.1, -0.05) is 67.9 Å². The standard InChI is InChI=1S/C29H25N3O4/c1-2-3-18-31-24-19-21(20-10-6-4-7-11-20)14-16-25(24)36-26(31)17-15-23-27(33)30-29(35)32(28(23)34)22-12-8-5-9-13-22/h4-17,19H,2-3,18H2,1H3,(H,30,33,35)/b23-15+,26-17-. The van der Waals surface area contributed by atoms with E-state index >= 15 is 0 Å². The lowest BCUT2D eigenvalue weighted by Crippen LogP contribution is -2.54. The molecule has 1 N–H and O–H groups in total. The molecule has 36 heavy (non-hydrogen) atoms. The first-order valence-electron chi connectivity index (χ1n) is 11.9. The Morgan fingerprint density at radius 3 is 2.31 bits per heavy atom. The van der Waals surface area contributed by atoms with Gasteiger partial charge in [0.15, 0.2) is 5.75 Å². The number of amides is 4. The highest BCUT2D eigenvalue weighted by molar-refractivity contribution is 6.37. The van der Waals surface area contributed by atoms with Gasteiger partial charge in [-0.3, -0.25) is 14.9 Å². The third kappa shape index (κ3) is 4.38. The number of imide groups is 2. The van der Waals surface area contributed by atoms with Crippen LogP contribution in [0.5, 0.6) is 5.75 Å². The highest BCUT2D eigenvalue weighted by Crippen LogP contribution is 2.41. The molecule has 0 atom stereocenters. The van der Waals surface area contributed by atoms with Crippen molar-refractivity contribution in [3.8, 4) is 16.9 Å². The molecule has 7 nitrogen and oxygen atoms in total. The molecular formula is C29H25N3O4. The fourth-order valence-electron chi connectivity index (χ4n) is 4.23. The van der Waals surface area contributed by atoms with Crippen LogP contribution in [0.3, 0.4) is 0 Å². The first-order chi connectivity index (χ1) is 17.6. The van der Waals surface area contributed by atoms with Crippen LogP contribution >= 0.6 is 0 Å². The quantitative estimate of drug-likeness (QED) is 0.378. The summed E-state index contributed by atoms with van der Waals surface area (Å²) in [5.41, 5.74) is 3.33. The number of barbiturate groups is 1. The summed E-state index contributed by atoms with van der Waals surface area (Å²) in [5, 5.41) is 2.25. The summed E-state index contributed by atoms with van der Waals surface area (Å²) >= 11 is 0. The van der Waals surface area contributed by atoms with Crippen molar-refractivity contribution in [2.45, 2.75) is 19.8 Å². The number of ether oxygens (including phenoxy) is 1. The second kappa shape index (κ2) is 9.92. The zero-order valence-corrected chi connectivity index (χ0v) is 19.8. The zero-order valence-electron chi connectivity index (χ0n) is 19.8. The first-order valence-corrected chi connectivity index (χ1v) is 11.9. The van der Waals surface area contributed by atoms with Crippen molar-refractivity contribution >= 4 is 29.2 Å². The van der Waals surface area contributed by atoms with Gasteiger partial charge in [0.2, 0.25) is 5.88 Å². The van der Waals surface area contributed by atoms with Crippen molar-refractivity contribution in [1.29, 1.82) is 0 Å². The van der Waals surface area contributed by atoms with Crippen molar-refractivity contribution in [1.82, 2.24) is 5.32 Å². The molecule has 0 spiro atoms. The summed E-state index contributed by atoms with van der Waals surface area (Å²) in [4.78, 5) is 41.0. The van der Waals surface area contributed by atoms with Gasteiger partial charge in [0.25, 0.3) is 11.8 Å². The molecule has 2 heterocycles. The van der Waals surface area contributed by atoms with Crippen LogP contribution in [0, 0.1) is 0 Å². The lowest BCUT2D eigenvalue weighted by molar-refractivity contribution is -0.122. The maximum atomic E-state index is 13.1. The van der Waals surface area contributed by atoms with E-state index in [9.17, 15) is 14.4 Å². The van der Waals surface area contributed by atoms with Crippen molar-refractivity contribution in [2.75, 3.05) is 16.3 Å². The van der Waals surface area contributed by atoms with E-state index in [1.165, 1.54) is 6.08 Å². The largest absolute Gasteiger partial charge is 0.439 e. The molecule has 0 bridgehead atoms. The van der Waals surface area contributed by atoms with Gasteiger partial charge < -0.3 is 9.64 Å². The fraction of sp³-hybridized carbons (Fsp3) is 0.138. The number of nitrogens with zero attached hydrogens (tertiary/aromatic N) is 2. The molecule has 3 aromatic carbocycles. The van der Waals surface area contributed by atoms with E-state index in [-0.39, 0.29) is 5.57 Å². The van der Waals surface area contributed by atoms with E-state index in [0.717, 1.165) is 34.6 Å². The Morgan fingerprint density at radius 1 is 0.861 bits per heavy atom. The molecule has 1 fully saturated rings. The maximum Gasteiger partial charge on any atom is 0.335 e. The normalized spacial score (nSPS) is 17.4. The van der Waals surface area contributed by atoms with E-state index in [2.05, 4.69) is 30.4 Å². The number of hydrogen-bond donors (Lipinski definition) is 1. The van der Waals surface area contributed by atoms with Gasteiger partial charge in [0, 0.05) is 6.54 Å². The molecule has 0 aromatic heterocycles. The predicted octanol–water partition coefficient (Wildman–Crippen LogP) is 5.40. The number of carbonyl (C=O) groups excluding carboxylic acids is 3. The van der Waals surface area contributed by atoms with Crippen LogP contribution < -0.4 is 19.9 Å². The number of carbonyl (C=O) groups is 3. The number of allylic oxidation sites excluding steroid dienone is 2. The summed E-state index contributed by atoms with van der Waals surface area (Å²) in [6.07, 6.45) is 4.96. The van der Waals surface area contributed by atoms with Gasteiger partial charge in [-0.25, -0.2) is 9.69 Å². The molecule has 0 saturated carbocycles. The minimum Gasteiger partial charge on any atom is -0.439 e. The lowest BCUT2D eigenvalue weighted by Gasteiger charge is -2.26. The Hall–Kier alpha value is -4.65. The SMILES string of the molecule is CCCCN1/C(=C/C=C2\C(=O)NC(=O)N(c3ccccc3)C2=O)Oc2ccc(-c3ccccc3)cc21. The highest BCUT2D eigenvalue weighted by Gasteiger charge is 2.36. The van der Waals surface area contributed by atoms with Gasteiger partial charge >= 0.3 is 6.03 Å². The molecule has 5 rings (SSSR count). The molecule has 7 heteroatoms. The molecule has 0 radical (unpaired) electrons. The Morgan fingerprint density at radius 2 is 1.58 bits per heavy atom. The fourth-order valence-corrected chi connectivity index (χ4v) is 4.23. The van der Waals surface area contributed by atoms with Gasteiger partial charge in [-0.15, -0.1) is 0 Å². The smallest absolute Gasteiger partial charge is 0.335 e. The number of urea groups is 1. The Balaban J connectivity index is 1.48. The van der Waals surface area contributed by atoms with Gasteiger partial charge in [0.05, 0.1) is 11.4 Å². The zero-order chi connectivity index (χ0) is 25.1. The molecule has 180 valence electrons. The third-order valence-electron chi connectivity index (χ3n) is 6.08. The summed E-state index contributed by atoms with van der Waals surface area (Å²) in [7, 11) is 0. The van der Waals surface area contributed by atoms with E-state index in [1.54, 1.807) is 36.4 Å². The Bertz CT molecular complexity index is 1380. The highest BCUT2D eigenvalue weighted by atomic mass is 16.5. The number of hydrogen-bond acceptors (Lipinski definition) is 5. The third-order valence-corrected chi connectivity index (χ3v) is 6.08. The molecule has 0 aliphatic carbocycles. The van der Waals surface area contributed by atoms with E-state index < -0.39 is 17.8 Å². The maximum absolute atomic E-state index is 13.1. The minimum atomic E-state index is -0.775. The van der Waals surface area contributed by atoms with E-state index in [1.807, 2.05) is 35.2 Å². The van der Waals surface area contributed by atoms with Crippen molar-refractivity contribution < 1.29 is 19.1 Å². The van der Waals surface area contributed by atoms with Crippen LogP contribution in [0.1, 0.15) is 19.8 Å². The number of unbranched alkanes of at least 4 members (excludes halogenated alkanes) is 1. The van der Waals surface area contributed by atoms with Crippen LogP contribution in [0.15, 0.2) is 102 Å². The molecular weight excluding hydrogens is 454 g/mol. The van der Waals surface area contributed by atoms with Crippen LogP contribution in [0.4, 0.5) is 16.2 Å². The molecule has 1 saturated heterocycles. The Labute approximate surface area is 209 Å². The number of anilines is 2. The first kappa shape index (κ1) is 23.1. The van der Waals surface area contributed by atoms with Gasteiger partial charge in [-0.2, -0.15) is 0 Å². The molecule has 4 amide bonds. The van der Waals surface area contributed by atoms with Gasteiger partial charge in [-0.05, 0) is 54.0 Å². The van der Waals surface area contributed by atoms with Crippen LogP contribution in [0.2, 0.25) is 0 Å². The number of para-hydroxylation sites is 1. The molecule has 2 aliphatic rings. The van der Waals surface area contributed by atoms with E-state index in [4.69, 9.17) is 4.74 Å². The summed E-state index contributed by atoms with van der Waals surface area (Å²) in [5.74, 6) is -0.208. The Kier molecular flexibility index (Phi) is 6.36. The van der Waals surface area contributed by atoms with E-state index in [0.29, 0.717) is 23.9 Å². The number of rotatable bonds is 6. The predicted molar refractivity (Wildman–Crippen MR) is 138 cm³/mol. The molecule has 0 unspecified atom stereocenters. The number of fused-ring (bicyclic) bond motifs is 1. The summed E-state index contributed by atoms with van der Waals surface area (Å²) < 4.78 is 6.12. The van der Waals surface area contributed by atoms with Gasteiger partial charge in [0.1, 0.15) is 5.57 Å². The number of benzene rings is 3. The van der Waals surface area contributed by atoms with Crippen molar-refractivity contribution in [2.24, 2.45) is 0 Å². The van der Waals surface area contributed by atoms with Crippen molar-refractivity contribution in [3.05, 3.63) is 102 Å². The topological polar surface area (TPSA) is 79.0 Å². The molecule has 3 aromatic rings. The lowest BCUT2D eigenvalue weighted by atomic mass is 10.0. The average Bonchev–Trinajstić information content (AvgIpc) is 3.24. The number of nitrogens with one attached hydrogen (secondary N) is 1. The van der Waals surface area contributed by atoms with Crippen LogP contribution in [-0.4, -0.2) is 24.4 Å². The minimum absolute atomic E-state index is 0.147. The summed E-state index contributed by atoms with van der Waals surface area (Å²) in [6.45, 7) is 2.83. The second-order valence-corrected chi connectivity index (χ2v) is 8.48. The second-order valence-electron chi connectivity index (χ2n) is 8.48. The molecule has 2 aliphatic heterocycles. The monoisotopic (exact) mass is 479 g/mol. The van der Waals surface area contributed by atoms with Crippen LogP contribution in [0.25, 0.3) is 11.1 Å². The summed E-state index contributed by atoms with van der Waals surface area (Å²) in [6, 6.07) is 23.8. The van der Waals surface area contributed by atoms with Crippen molar-refractivity contribution in [3.63, 3.8) is 0 Å². The average molecular weight is 480 g/mol.